The third-order valence-electron chi connectivity index (χ3n) is 1.88. The second-order valence-corrected chi connectivity index (χ2v) is 2.94. The SMILES string of the molecule is C/C(=C\Cc1ccccc1)C(N)=O. The van der Waals surface area contributed by atoms with Crippen LogP contribution in [0.25, 0.3) is 0 Å². The molecule has 1 amide bonds. The van der Waals surface area contributed by atoms with Gasteiger partial charge in [0.1, 0.15) is 0 Å². The van der Waals surface area contributed by atoms with Gasteiger partial charge in [-0.1, -0.05) is 36.4 Å². The number of rotatable bonds is 3. The van der Waals surface area contributed by atoms with Gasteiger partial charge in [0, 0.05) is 5.57 Å². The zero-order valence-corrected chi connectivity index (χ0v) is 7.66. The molecule has 0 aliphatic carbocycles. The summed E-state index contributed by atoms with van der Waals surface area (Å²) >= 11 is 0. The number of carbonyl (C=O) groups excluding carboxylic acids is 1. The van der Waals surface area contributed by atoms with Crippen LogP contribution in [0.1, 0.15) is 12.5 Å². The molecule has 0 fully saturated rings. The number of hydrogen-bond donors (Lipinski definition) is 1. The molecule has 1 aromatic carbocycles. The Balaban J connectivity index is 2.62. The van der Waals surface area contributed by atoms with Crippen LogP contribution in [-0.2, 0) is 11.2 Å². The van der Waals surface area contributed by atoms with Crippen LogP contribution in [-0.4, -0.2) is 5.91 Å². The van der Waals surface area contributed by atoms with Crippen LogP contribution >= 0.6 is 0 Å². The Morgan fingerprint density at radius 3 is 2.54 bits per heavy atom. The number of hydrogen-bond acceptors (Lipinski definition) is 1. The Hall–Kier alpha value is -1.57. The predicted octanol–water partition coefficient (Wildman–Crippen LogP) is 1.66. The molecule has 0 atom stereocenters. The number of amides is 1. The number of nitrogens with two attached hydrogens (primary N) is 1. The van der Waals surface area contributed by atoms with E-state index >= 15 is 0 Å². The van der Waals surface area contributed by atoms with Crippen molar-refractivity contribution >= 4 is 5.91 Å². The van der Waals surface area contributed by atoms with Crippen LogP contribution in [0.5, 0.6) is 0 Å². The summed E-state index contributed by atoms with van der Waals surface area (Å²) in [4.78, 5) is 10.7. The average Bonchev–Trinajstić information content (AvgIpc) is 2.15. The van der Waals surface area contributed by atoms with Gasteiger partial charge in [0.25, 0.3) is 0 Å². The molecule has 2 N–H and O–H groups in total. The molecule has 0 heterocycles. The summed E-state index contributed by atoms with van der Waals surface area (Å²) in [5.74, 6) is -0.351. The Morgan fingerprint density at radius 2 is 2.00 bits per heavy atom. The number of primary amides is 1. The van der Waals surface area contributed by atoms with Crippen molar-refractivity contribution in [2.24, 2.45) is 5.73 Å². The molecule has 0 saturated carbocycles. The van der Waals surface area contributed by atoms with Crippen LogP contribution in [0.2, 0.25) is 0 Å². The lowest BCUT2D eigenvalue weighted by atomic mass is 10.1. The van der Waals surface area contributed by atoms with Crippen molar-refractivity contribution in [3.8, 4) is 0 Å². The maximum Gasteiger partial charge on any atom is 0.244 e. The molecular weight excluding hydrogens is 162 g/mol. The molecule has 0 radical (unpaired) electrons. The maximum absolute atomic E-state index is 10.7. The summed E-state index contributed by atoms with van der Waals surface area (Å²) in [5.41, 5.74) is 6.89. The van der Waals surface area contributed by atoms with Gasteiger partial charge in [0.2, 0.25) is 5.91 Å². The Bertz CT molecular complexity index is 314. The minimum atomic E-state index is -0.351. The first kappa shape index (κ1) is 9.52. The van der Waals surface area contributed by atoms with Gasteiger partial charge in [-0.3, -0.25) is 4.79 Å². The third kappa shape index (κ3) is 3.11. The van der Waals surface area contributed by atoms with Crippen LogP contribution in [0.3, 0.4) is 0 Å². The predicted molar refractivity (Wildman–Crippen MR) is 53.1 cm³/mol. The van der Waals surface area contributed by atoms with E-state index in [2.05, 4.69) is 0 Å². The minimum Gasteiger partial charge on any atom is -0.366 e. The molecule has 1 aromatic rings. The van der Waals surface area contributed by atoms with E-state index in [1.54, 1.807) is 6.92 Å². The van der Waals surface area contributed by atoms with E-state index < -0.39 is 0 Å². The Morgan fingerprint density at radius 1 is 1.38 bits per heavy atom. The first-order valence-corrected chi connectivity index (χ1v) is 4.20. The molecule has 0 spiro atoms. The molecule has 68 valence electrons. The summed E-state index contributed by atoms with van der Waals surface area (Å²) < 4.78 is 0. The van der Waals surface area contributed by atoms with Gasteiger partial charge in [0.15, 0.2) is 0 Å². The lowest BCUT2D eigenvalue weighted by molar-refractivity contribution is -0.114. The second-order valence-electron chi connectivity index (χ2n) is 2.94. The molecule has 0 unspecified atom stereocenters. The van der Waals surface area contributed by atoms with Gasteiger partial charge < -0.3 is 5.73 Å². The van der Waals surface area contributed by atoms with Crippen LogP contribution < -0.4 is 5.73 Å². The van der Waals surface area contributed by atoms with Crippen molar-refractivity contribution < 1.29 is 4.79 Å². The van der Waals surface area contributed by atoms with Crippen molar-refractivity contribution in [3.05, 3.63) is 47.5 Å². The lowest BCUT2D eigenvalue weighted by Crippen LogP contribution is -2.11. The maximum atomic E-state index is 10.7. The van der Waals surface area contributed by atoms with Crippen molar-refractivity contribution in [1.82, 2.24) is 0 Å². The van der Waals surface area contributed by atoms with Crippen LogP contribution in [0.4, 0.5) is 0 Å². The normalized spacial score (nSPS) is 11.3. The second kappa shape index (κ2) is 4.45. The number of carbonyl (C=O) groups is 1. The zero-order chi connectivity index (χ0) is 9.68. The summed E-state index contributed by atoms with van der Waals surface area (Å²) in [6.45, 7) is 1.73. The smallest absolute Gasteiger partial charge is 0.244 e. The molecule has 0 saturated heterocycles. The fraction of sp³-hybridized carbons (Fsp3) is 0.182. The van der Waals surface area contributed by atoms with Gasteiger partial charge in [-0.15, -0.1) is 0 Å². The topological polar surface area (TPSA) is 43.1 Å². The van der Waals surface area contributed by atoms with Gasteiger partial charge in [0.05, 0.1) is 0 Å². The van der Waals surface area contributed by atoms with E-state index in [-0.39, 0.29) is 5.91 Å². The van der Waals surface area contributed by atoms with Crippen molar-refractivity contribution in [2.45, 2.75) is 13.3 Å². The third-order valence-corrected chi connectivity index (χ3v) is 1.88. The molecule has 13 heavy (non-hydrogen) atoms. The molecule has 2 heteroatoms. The summed E-state index contributed by atoms with van der Waals surface area (Å²) in [6.07, 6.45) is 2.60. The largest absolute Gasteiger partial charge is 0.366 e. The molecule has 0 aromatic heterocycles. The summed E-state index contributed by atoms with van der Waals surface area (Å²) in [5, 5.41) is 0. The molecular formula is C11H13NO. The van der Waals surface area contributed by atoms with E-state index in [1.807, 2.05) is 36.4 Å². The highest BCUT2D eigenvalue weighted by Crippen LogP contribution is 2.02. The standard InChI is InChI=1S/C11H13NO/c1-9(11(12)13)7-8-10-5-3-2-4-6-10/h2-7H,8H2,1H3,(H2,12,13)/b9-7+. The quantitative estimate of drug-likeness (QED) is 0.697. The van der Waals surface area contributed by atoms with E-state index in [9.17, 15) is 4.79 Å². The average molecular weight is 175 g/mol. The van der Waals surface area contributed by atoms with E-state index in [0.717, 1.165) is 6.42 Å². The van der Waals surface area contributed by atoms with Gasteiger partial charge >= 0.3 is 0 Å². The fourth-order valence-corrected chi connectivity index (χ4v) is 0.986. The van der Waals surface area contributed by atoms with E-state index in [0.29, 0.717) is 5.57 Å². The molecule has 0 bridgehead atoms. The minimum absolute atomic E-state index is 0.351. The Kier molecular flexibility index (Phi) is 3.26. The van der Waals surface area contributed by atoms with Gasteiger partial charge in [-0.2, -0.15) is 0 Å². The first-order valence-electron chi connectivity index (χ1n) is 4.20. The van der Waals surface area contributed by atoms with E-state index in [1.165, 1.54) is 5.56 Å². The highest BCUT2D eigenvalue weighted by atomic mass is 16.1. The molecule has 0 aliphatic heterocycles. The lowest BCUT2D eigenvalue weighted by Gasteiger charge is -1.96. The van der Waals surface area contributed by atoms with Crippen LogP contribution in [0, 0.1) is 0 Å². The van der Waals surface area contributed by atoms with Crippen molar-refractivity contribution in [3.63, 3.8) is 0 Å². The van der Waals surface area contributed by atoms with Crippen molar-refractivity contribution in [2.75, 3.05) is 0 Å². The van der Waals surface area contributed by atoms with Crippen LogP contribution in [0.15, 0.2) is 42.0 Å². The highest BCUT2D eigenvalue weighted by Gasteiger charge is 1.95. The zero-order valence-electron chi connectivity index (χ0n) is 7.66. The molecule has 0 aliphatic rings. The fourth-order valence-electron chi connectivity index (χ4n) is 0.986. The Labute approximate surface area is 78.1 Å². The van der Waals surface area contributed by atoms with Gasteiger partial charge in [-0.05, 0) is 18.9 Å². The molecule has 2 nitrogen and oxygen atoms in total. The first-order chi connectivity index (χ1) is 6.20. The van der Waals surface area contributed by atoms with Gasteiger partial charge in [-0.25, -0.2) is 0 Å². The van der Waals surface area contributed by atoms with Crippen molar-refractivity contribution in [1.29, 1.82) is 0 Å². The highest BCUT2D eigenvalue weighted by molar-refractivity contribution is 5.91. The summed E-state index contributed by atoms with van der Waals surface area (Å²) in [7, 11) is 0. The summed E-state index contributed by atoms with van der Waals surface area (Å²) in [6, 6.07) is 9.95. The van der Waals surface area contributed by atoms with E-state index in [4.69, 9.17) is 5.73 Å². The molecule has 1 rings (SSSR count). The number of allylic oxidation sites excluding steroid dienone is 1. The number of benzene rings is 1. The monoisotopic (exact) mass is 175 g/mol.